The van der Waals surface area contributed by atoms with Gasteiger partial charge in [0.05, 0.1) is 17.2 Å². The van der Waals surface area contributed by atoms with Crippen molar-refractivity contribution in [3.63, 3.8) is 0 Å². The van der Waals surface area contributed by atoms with Gasteiger partial charge < -0.3 is 5.11 Å². The Morgan fingerprint density at radius 1 is 0.818 bits per heavy atom. The number of benzene rings is 2. The van der Waals surface area contributed by atoms with Gasteiger partial charge in [-0.2, -0.15) is 0 Å². The summed E-state index contributed by atoms with van der Waals surface area (Å²) in [6, 6.07) is 25.6. The lowest BCUT2D eigenvalue weighted by atomic mass is 9.76. The van der Waals surface area contributed by atoms with E-state index in [4.69, 9.17) is 0 Å². The van der Waals surface area contributed by atoms with Crippen LogP contribution < -0.4 is 0 Å². The van der Waals surface area contributed by atoms with Crippen LogP contribution in [0.4, 0.5) is 0 Å². The van der Waals surface area contributed by atoms with Crippen LogP contribution in [-0.4, -0.2) is 10.1 Å². The molecule has 2 atom stereocenters. The zero-order chi connectivity index (χ0) is 15.4. The molecule has 0 aliphatic heterocycles. The topological polar surface area (TPSA) is 33.1 Å². The van der Waals surface area contributed by atoms with Crippen molar-refractivity contribution in [3.8, 4) is 0 Å². The number of aromatic nitrogens is 1. The van der Waals surface area contributed by atoms with Crippen molar-refractivity contribution in [2.75, 3.05) is 0 Å². The van der Waals surface area contributed by atoms with Crippen LogP contribution in [0.5, 0.6) is 0 Å². The van der Waals surface area contributed by atoms with Gasteiger partial charge in [-0.3, -0.25) is 4.98 Å². The molecule has 1 aromatic heterocycles. The third kappa shape index (κ3) is 2.78. The largest absolute Gasteiger partial charge is 0.384 e. The molecule has 0 saturated heterocycles. The van der Waals surface area contributed by atoms with E-state index in [1.807, 2.05) is 85.8 Å². The predicted octanol–water partition coefficient (Wildman–Crippen LogP) is 4.12. The molecular formula is C20H19NO. The molecule has 0 aliphatic rings. The maximum atomic E-state index is 11.3. The molecule has 0 bridgehead atoms. The van der Waals surface area contributed by atoms with E-state index in [1.54, 1.807) is 6.20 Å². The van der Waals surface area contributed by atoms with E-state index in [9.17, 15) is 5.11 Å². The van der Waals surface area contributed by atoms with Crippen molar-refractivity contribution in [1.82, 2.24) is 4.98 Å². The van der Waals surface area contributed by atoms with Crippen molar-refractivity contribution < 1.29 is 5.11 Å². The first-order valence-electron chi connectivity index (χ1n) is 7.43. The van der Waals surface area contributed by atoms with Gasteiger partial charge in [0.2, 0.25) is 0 Å². The lowest BCUT2D eigenvalue weighted by Gasteiger charge is -2.33. The highest BCUT2D eigenvalue weighted by Gasteiger charge is 2.36. The second-order valence-electron chi connectivity index (χ2n) is 5.61. The van der Waals surface area contributed by atoms with Crippen LogP contribution in [-0.2, 0) is 5.60 Å². The maximum absolute atomic E-state index is 11.3. The number of nitrogens with zero attached hydrogens (tertiary/aromatic N) is 1. The number of pyridine rings is 1. The monoisotopic (exact) mass is 289 g/mol. The van der Waals surface area contributed by atoms with Crippen LogP contribution in [0.25, 0.3) is 0 Å². The van der Waals surface area contributed by atoms with Crippen LogP contribution in [0.2, 0.25) is 0 Å². The summed E-state index contributed by atoms with van der Waals surface area (Å²) in [5, 5.41) is 11.3. The van der Waals surface area contributed by atoms with E-state index in [-0.39, 0.29) is 5.92 Å². The van der Waals surface area contributed by atoms with Gasteiger partial charge in [0.1, 0.15) is 0 Å². The molecule has 22 heavy (non-hydrogen) atoms. The highest BCUT2D eigenvalue weighted by Crippen LogP contribution is 2.40. The normalized spacial score (nSPS) is 15.0. The fraction of sp³-hybridized carbons (Fsp3) is 0.150. The first kappa shape index (κ1) is 14.5. The average Bonchev–Trinajstić information content (AvgIpc) is 2.58. The van der Waals surface area contributed by atoms with Crippen LogP contribution in [0, 0.1) is 0 Å². The van der Waals surface area contributed by atoms with Gasteiger partial charge in [-0.1, -0.05) is 66.7 Å². The van der Waals surface area contributed by atoms with Gasteiger partial charge in [0.25, 0.3) is 0 Å². The highest BCUT2D eigenvalue weighted by molar-refractivity contribution is 5.37. The molecule has 2 heteroatoms. The number of aliphatic hydroxyl groups is 1. The SMILES string of the molecule is C[C@](O)(c1ccccc1)[C@H](c1ccccc1)c1ccccn1. The van der Waals surface area contributed by atoms with Gasteiger partial charge in [0, 0.05) is 6.20 Å². The van der Waals surface area contributed by atoms with Crippen molar-refractivity contribution >= 4 is 0 Å². The molecule has 3 rings (SSSR count). The molecule has 0 aliphatic carbocycles. The Morgan fingerprint density at radius 3 is 2.00 bits per heavy atom. The predicted molar refractivity (Wildman–Crippen MR) is 88.5 cm³/mol. The highest BCUT2D eigenvalue weighted by atomic mass is 16.3. The van der Waals surface area contributed by atoms with Gasteiger partial charge >= 0.3 is 0 Å². The minimum atomic E-state index is -1.04. The summed E-state index contributed by atoms with van der Waals surface area (Å²) in [7, 11) is 0. The fourth-order valence-corrected chi connectivity index (χ4v) is 2.92. The van der Waals surface area contributed by atoms with Crippen LogP contribution in [0.15, 0.2) is 85.1 Å². The Bertz CT molecular complexity index is 669. The van der Waals surface area contributed by atoms with E-state index in [1.165, 1.54) is 0 Å². The maximum Gasteiger partial charge on any atom is 0.0992 e. The molecule has 0 fully saturated rings. The van der Waals surface area contributed by atoms with E-state index >= 15 is 0 Å². The molecule has 0 saturated carbocycles. The lowest BCUT2D eigenvalue weighted by molar-refractivity contribution is 0.0380. The third-order valence-corrected chi connectivity index (χ3v) is 4.04. The summed E-state index contributed by atoms with van der Waals surface area (Å²) >= 11 is 0. The fourth-order valence-electron chi connectivity index (χ4n) is 2.92. The quantitative estimate of drug-likeness (QED) is 0.783. The van der Waals surface area contributed by atoms with E-state index < -0.39 is 5.60 Å². The van der Waals surface area contributed by atoms with Gasteiger partial charge in [0.15, 0.2) is 0 Å². The lowest BCUT2D eigenvalue weighted by Crippen LogP contribution is -2.31. The number of hydrogen-bond donors (Lipinski definition) is 1. The zero-order valence-corrected chi connectivity index (χ0v) is 12.6. The summed E-state index contributed by atoms with van der Waals surface area (Å²) in [4.78, 5) is 4.49. The Labute approximate surface area is 131 Å². The van der Waals surface area contributed by atoms with Crippen LogP contribution in [0.3, 0.4) is 0 Å². The van der Waals surface area contributed by atoms with Crippen molar-refractivity contribution in [2.45, 2.75) is 18.4 Å². The number of rotatable bonds is 4. The Kier molecular flexibility index (Phi) is 4.03. The molecule has 0 unspecified atom stereocenters. The molecule has 1 heterocycles. The van der Waals surface area contributed by atoms with Crippen molar-refractivity contribution in [2.24, 2.45) is 0 Å². The van der Waals surface area contributed by atoms with Crippen LogP contribution >= 0.6 is 0 Å². The Morgan fingerprint density at radius 2 is 1.41 bits per heavy atom. The van der Waals surface area contributed by atoms with E-state index in [2.05, 4.69) is 4.98 Å². The van der Waals surface area contributed by atoms with Crippen LogP contribution in [0.1, 0.15) is 29.7 Å². The first-order chi connectivity index (χ1) is 10.7. The minimum absolute atomic E-state index is 0.225. The van der Waals surface area contributed by atoms with E-state index in [0.29, 0.717) is 0 Å². The smallest absolute Gasteiger partial charge is 0.0992 e. The molecular weight excluding hydrogens is 270 g/mol. The molecule has 2 nitrogen and oxygen atoms in total. The zero-order valence-electron chi connectivity index (χ0n) is 12.6. The molecule has 2 aromatic carbocycles. The standard InChI is InChI=1S/C20H19NO/c1-20(22,17-12-6-3-7-13-17)19(16-10-4-2-5-11-16)18-14-8-9-15-21-18/h2-15,19,22H,1H3/t19-,20+/m1/s1. The molecule has 0 radical (unpaired) electrons. The van der Waals surface area contributed by atoms with E-state index in [0.717, 1.165) is 16.8 Å². The van der Waals surface area contributed by atoms with Crippen molar-refractivity contribution in [3.05, 3.63) is 102 Å². The molecule has 1 N–H and O–H groups in total. The summed E-state index contributed by atoms with van der Waals surface area (Å²) in [6.07, 6.45) is 1.77. The summed E-state index contributed by atoms with van der Waals surface area (Å²) in [5.41, 5.74) is 1.75. The molecule has 110 valence electrons. The van der Waals surface area contributed by atoms with Gasteiger partial charge in [-0.25, -0.2) is 0 Å². The second kappa shape index (κ2) is 6.12. The summed E-state index contributed by atoms with van der Waals surface area (Å²) < 4.78 is 0. The summed E-state index contributed by atoms with van der Waals surface area (Å²) in [5.74, 6) is -0.225. The Balaban J connectivity index is 2.14. The second-order valence-corrected chi connectivity index (χ2v) is 5.61. The number of hydrogen-bond acceptors (Lipinski definition) is 2. The minimum Gasteiger partial charge on any atom is -0.384 e. The molecule has 3 aromatic rings. The molecule has 0 spiro atoms. The molecule has 0 amide bonds. The first-order valence-corrected chi connectivity index (χ1v) is 7.43. The van der Waals surface area contributed by atoms with Gasteiger partial charge in [-0.15, -0.1) is 0 Å². The summed E-state index contributed by atoms with van der Waals surface area (Å²) in [6.45, 7) is 1.86. The van der Waals surface area contributed by atoms with Crippen molar-refractivity contribution in [1.29, 1.82) is 0 Å². The average molecular weight is 289 g/mol. The Hall–Kier alpha value is -2.45. The third-order valence-electron chi connectivity index (χ3n) is 4.04. The van der Waals surface area contributed by atoms with Gasteiger partial charge in [-0.05, 0) is 30.2 Å².